The number of aryl methyl sites for hydroxylation is 1. The number of nitrogens with zero attached hydrogens (tertiary/aromatic N) is 4. The lowest BCUT2D eigenvalue weighted by Gasteiger charge is -2.32. The molecule has 7 nitrogen and oxygen atoms in total. The van der Waals surface area contributed by atoms with Gasteiger partial charge >= 0.3 is 5.69 Å². The highest BCUT2D eigenvalue weighted by molar-refractivity contribution is 5.79. The maximum atomic E-state index is 12.7. The number of piperidine rings is 1. The van der Waals surface area contributed by atoms with E-state index in [1.807, 2.05) is 41.3 Å². The van der Waals surface area contributed by atoms with E-state index in [1.165, 1.54) is 0 Å². The molecule has 4 rings (SSSR count). The average molecular weight is 394 g/mol. The monoisotopic (exact) mass is 394 g/mol. The first-order valence-corrected chi connectivity index (χ1v) is 9.97. The summed E-state index contributed by atoms with van der Waals surface area (Å²) in [4.78, 5) is 31.6. The molecule has 3 heterocycles. The molecule has 0 bridgehead atoms. The Bertz CT molecular complexity index is 1080. The topological polar surface area (TPSA) is 69.4 Å². The van der Waals surface area contributed by atoms with Gasteiger partial charge in [0.2, 0.25) is 5.91 Å². The summed E-state index contributed by atoms with van der Waals surface area (Å²) < 4.78 is 8.65. The number of ether oxygens (including phenoxy) is 1. The zero-order valence-corrected chi connectivity index (χ0v) is 16.9. The molecule has 7 heteroatoms. The predicted octanol–water partition coefficient (Wildman–Crippen LogP) is 2.22. The minimum atomic E-state index is -0.0322. The summed E-state index contributed by atoms with van der Waals surface area (Å²) in [7, 11) is 3.41. The molecule has 1 fully saturated rings. The van der Waals surface area contributed by atoms with E-state index in [9.17, 15) is 9.59 Å². The van der Waals surface area contributed by atoms with Crippen molar-refractivity contribution in [2.24, 2.45) is 13.0 Å². The number of methoxy groups -OCH3 is 1. The van der Waals surface area contributed by atoms with Gasteiger partial charge in [-0.25, -0.2) is 9.78 Å². The summed E-state index contributed by atoms with van der Waals surface area (Å²) in [5.41, 5.74) is 2.51. The third kappa shape index (κ3) is 3.90. The van der Waals surface area contributed by atoms with Gasteiger partial charge in [0.15, 0.2) is 5.65 Å². The van der Waals surface area contributed by atoms with Crippen LogP contribution in [0.2, 0.25) is 0 Å². The lowest BCUT2D eigenvalue weighted by molar-refractivity contribution is -0.131. The lowest BCUT2D eigenvalue weighted by atomic mass is 9.96. The number of aromatic nitrogens is 3. The molecule has 1 aliphatic rings. The fourth-order valence-corrected chi connectivity index (χ4v) is 4.09. The van der Waals surface area contributed by atoms with Crippen LogP contribution in [-0.4, -0.2) is 45.1 Å². The van der Waals surface area contributed by atoms with Crippen molar-refractivity contribution in [1.29, 1.82) is 0 Å². The highest BCUT2D eigenvalue weighted by Gasteiger charge is 2.24. The Hall–Kier alpha value is -3.09. The van der Waals surface area contributed by atoms with E-state index < -0.39 is 0 Å². The molecule has 0 atom stereocenters. The van der Waals surface area contributed by atoms with Crippen LogP contribution in [0, 0.1) is 5.92 Å². The second kappa shape index (κ2) is 8.11. The minimum Gasteiger partial charge on any atom is -0.497 e. The van der Waals surface area contributed by atoms with Crippen LogP contribution in [0.25, 0.3) is 11.2 Å². The van der Waals surface area contributed by atoms with E-state index >= 15 is 0 Å². The van der Waals surface area contributed by atoms with Crippen molar-refractivity contribution in [2.45, 2.75) is 25.8 Å². The number of likely N-dealkylation sites (tertiary alicyclic amines) is 1. The maximum absolute atomic E-state index is 12.7. The van der Waals surface area contributed by atoms with Crippen LogP contribution in [0.5, 0.6) is 5.75 Å². The fourth-order valence-electron chi connectivity index (χ4n) is 4.09. The second-order valence-electron chi connectivity index (χ2n) is 7.65. The molecule has 0 unspecified atom stereocenters. The smallest absolute Gasteiger partial charge is 0.330 e. The first kappa shape index (κ1) is 19.2. The van der Waals surface area contributed by atoms with Gasteiger partial charge in [-0.15, -0.1) is 0 Å². The number of imidazole rings is 1. The van der Waals surface area contributed by atoms with Gasteiger partial charge < -0.3 is 9.64 Å². The van der Waals surface area contributed by atoms with Gasteiger partial charge in [0.05, 0.1) is 19.0 Å². The number of pyridine rings is 1. The highest BCUT2D eigenvalue weighted by atomic mass is 16.5. The summed E-state index contributed by atoms with van der Waals surface area (Å²) in [6, 6.07) is 11.4. The Morgan fingerprint density at radius 2 is 2.00 bits per heavy atom. The Labute approximate surface area is 169 Å². The number of fused-ring (bicyclic) bond motifs is 1. The molecule has 152 valence electrons. The van der Waals surface area contributed by atoms with E-state index in [4.69, 9.17) is 4.74 Å². The van der Waals surface area contributed by atoms with E-state index in [-0.39, 0.29) is 11.6 Å². The molecule has 0 saturated carbocycles. The molecule has 0 N–H and O–H groups in total. The average Bonchev–Trinajstić information content (AvgIpc) is 2.99. The number of hydrogen-bond donors (Lipinski definition) is 0. The van der Waals surface area contributed by atoms with E-state index in [0.717, 1.165) is 48.4 Å². The summed E-state index contributed by atoms with van der Waals surface area (Å²) in [5.74, 6) is 1.27. The van der Waals surface area contributed by atoms with Crippen LogP contribution in [0.1, 0.15) is 18.4 Å². The molecule has 2 aromatic heterocycles. The molecule has 29 heavy (non-hydrogen) atoms. The Balaban J connectivity index is 1.38. The fraction of sp³-hybridized carbons (Fsp3) is 0.409. The highest BCUT2D eigenvalue weighted by Crippen LogP contribution is 2.22. The minimum absolute atomic E-state index is 0.0322. The van der Waals surface area contributed by atoms with Gasteiger partial charge in [-0.05, 0) is 48.6 Å². The summed E-state index contributed by atoms with van der Waals surface area (Å²) in [6.45, 7) is 2.09. The Morgan fingerprint density at radius 1 is 1.21 bits per heavy atom. The number of carbonyl (C=O) groups excluding carboxylic acids is 1. The second-order valence-corrected chi connectivity index (χ2v) is 7.65. The van der Waals surface area contributed by atoms with Crippen molar-refractivity contribution < 1.29 is 9.53 Å². The van der Waals surface area contributed by atoms with Gasteiger partial charge in [-0.2, -0.15) is 0 Å². The van der Waals surface area contributed by atoms with Gasteiger partial charge in [0.25, 0.3) is 0 Å². The van der Waals surface area contributed by atoms with Gasteiger partial charge in [-0.1, -0.05) is 12.1 Å². The number of benzene rings is 1. The zero-order valence-electron chi connectivity index (χ0n) is 16.9. The summed E-state index contributed by atoms with van der Waals surface area (Å²) in [6.07, 6.45) is 3.88. The first-order valence-electron chi connectivity index (χ1n) is 9.97. The largest absolute Gasteiger partial charge is 0.497 e. The molecule has 0 aliphatic carbocycles. The third-order valence-electron chi connectivity index (χ3n) is 5.80. The standard InChI is InChI=1S/C22H26N4O3/c1-24-19-7-4-10-23-21(19)26(22(24)28)15-16-8-11-25(12-9-16)20(27)14-17-5-3-6-18(13-17)29-2/h3-7,10,13,16H,8-9,11-12,14-15H2,1-2H3. The lowest BCUT2D eigenvalue weighted by Crippen LogP contribution is -2.40. The number of hydrogen-bond acceptors (Lipinski definition) is 4. The van der Waals surface area contributed by atoms with Crippen molar-refractivity contribution in [2.75, 3.05) is 20.2 Å². The first-order chi connectivity index (χ1) is 14.1. The van der Waals surface area contributed by atoms with Crippen molar-refractivity contribution >= 4 is 17.1 Å². The predicted molar refractivity (Wildman–Crippen MR) is 111 cm³/mol. The van der Waals surface area contributed by atoms with E-state index in [1.54, 1.807) is 29.5 Å². The van der Waals surface area contributed by atoms with Crippen LogP contribution in [0.15, 0.2) is 47.4 Å². The van der Waals surface area contributed by atoms with Crippen LogP contribution < -0.4 is 10.4 Å². The SMILES string of the molecule is COc1cccc(CC(=O)N2CCC(Cn3c(=O)n(C)c4cccnc43)CC2)c1. The van der Waals surface area contributed by atoms with Gasteiger partial charge in [0, 0.05) is 32.9 Å². The summed E-state index contributed by atoms with van der Waals surface area (Å²) in [5, 5.41) is 0. The summed E-state index contributed by atoms with van der Waals surface area (Å²) >= 11 is 0. The van der Waals surface area contributed by atoms with E-state index in [0.29, 0.717) is 18.9 Å². The maximum Gasteiger partial charge on any atom is 0.330 e. The molecule has 1 aliphatic heterocycles. The van der Waals surface area contributed by atoms with Crippen molar-refractivity contribution in [3.8, 4) is 5.75 Å². The molecule has 1 saturated heterocycles. The van der Waals surface area contributed by atoms with Crippen LogP contribution in [0.3, 0.4) is 0 Å². The molecule has 3 aromatic rings. The van der Waals surface area contributed by atoms with Crippen LogP contribution >= 0.6 is 0 Å². The van der Waals surface area contributed by atoms with Gasteiger partial charge in [-0.3, -0.25) is 13.9 Å². The molecule has 0 spiro atoms. The van der Waals surface area contributed by atoms with E-state index in [2.05, 4.69) is 4.98 Å². The number of amides is 1. The molecule has 1 amide bonds. The molecule has 1 aromatic carbocycles. The molecule has 0 radical (unpaired) electrons. The van der Waals surface area contributed by atoms with Crippen molar-refractivity contribution in [3.05, 3.63) is 58.6 Å². The Kier molecular flexibility index (Phi) is 5.38. The Morgan fingerprint density at radius 3 is 2.76 bits per heavy atom. The molecular formula is C22H26N4O3. The number of rotatable bonds is 5. The van der Waals surface area contributed by atoms with Crippen LogP contribution in [0.4, 0.5) is 0 Å². The normalized spacial score (nSPS) is 15.0. The third-order valence-corrected chi connectivity index (χ3v) is 5.80. The number of carbonyl (C=O) groups is 1. The molecular weight excluding hydrogens is 368 g/mol. The van der Waals surface area contributed by atoms with Crippen LogP contribution in [-0.2, 0) is 24.8 Å². The van der Waals surface area contributed by atoms with Gasteiger partial charge in [0.1, 0.15) is 5.75 Å². The van der Waals surface area contributed by atoms with Crippen molar-refractivity contribution in [1.82, 2.24) is 19.0 Å². The zero-order chi connectivity index (χ0) is 20.4. The van der Waals surface area contributed by atoms with Crippen molar-refractivity contribution in [3.63, 3.8) is 0 Å². The quantitative estimate of drug-likeness (QED) is 0.665.